The molecule has 0 radical (unpaired) electrons. The second-order valence-corrected chi connectivity index (χ2v) is 8.41. The first kappa shape index (κ1) is 23.5. The average molecular weight is 495 g/mol. The van der Waals surface area contributed by atoms with Gasteiger partial charge in [0.05, 0.1) is 5.69 Å². The van der Waals surface area contributed by atoms with E-state index in [-0.39, 0.29) is 12.2 Å². The number of carbonyl (C=O) groups excluding carboxylic acids is 3. The molecule has 34 heavy (non-hydrogen) atoms. The molecule has 1 aliphatic rings. The molecule has 0 atom stereocenters. The van der Waals surface area contributed by atoms with Gasteiger partial charge in [-0.1, -0.05) is 60.5 Å². The smallest absolute Gasteiger partial charge is 0.335 e. The topological polar surface area (TPSA) is 75.7 Å². The van der Waals surface area contributed by atoms with Crippen LogP contribution in [-0.2, 0) is 22.6 Å². The van der Waals surface area contributed by atoms with Crippen molar-refractivity contribution in [1.82, 2.24) is 5.32 Å². The van der Waals surface area contributed by atoms with Crippen LogP contribution in [0.4, 0.5) is 10.5 Å². The van der Waals surface area contributed by atoms with Crippen molar-refractivity contribution in [2.75, 3.05) is 4.90 Å². The first-order valence-corrected chi connectivity index (χ1v) is 11.3. The fraction of sp³-hybridized carbons (Fsp3) is 0.115. The van der Waals surface area contributed by atoms with E-state index in [4.69, 9.17) is 27.9 Å². The Hall–Kier alpha value is -3.61. The summed E-state index contributed by atoms with van der Waals surface area (Å²) in [6.45, 7) is 2.27. The molecule has 0 unspecified atom stereocenters. The van der Waals surface area contributed by atoms with Crippen molar-refractivity contribution >= 4 is 52.8 Å². The third kappa shape index (κ3) is 5.14. The molecule has 0 bridgehead atoms. The maximum absolute atomic E-state index is 13.0. The van der Waals surface area contributed by atoms with Gasteiger partial charge in [-0.2, -0.15) is 0 Å². The molecule has 3 aromatic rings. The molecule has 1 aliphatic heterocycles. The van der Waals surface area contributed by atoms with E-state index in [0.29, 0.717) is 27.0 Å². The Balaban J connectivity index is 1.50. The summed E-state index contributed by atoms with van der Waals surface area (Å²) < 4.78 is 5.76. The summed E-state index contributed by atoms with van der Waals surface area (Å²) in [4.78, 5) is 38.7. The number of carbonyl (C=O) groups is 3. The van der Waals surface area contributed by atoms with Crippen LogP contribution in [0.1, 0.15) is 23.6 Å². The fourth-order valence-electron chi connectivity index (χ4n) is 3.40. The minimum atomic E-state index is -0.777. The predicted molar refractivity (Wildman–Crippen MR) is 132 cm³/mol. The molecule has 0 aliphatic carbocycles. The van der Waals surface area contributed by atoms with Crippen molar-refractivity contribution in [3.8, 4) is 5.75 Å². The standard InChI is InChI=1S/C26H20Cl2N2O4/c1-2-16-3-9-20(10-4-16)30-25(32)22(24(31)29-26(30)33)13-17-5-11-21(12-6-17)34-15-18-7-8-19(27)14-23(18)28/h3-14H,2,15H2,1H3,(H,29,31,33)/b22-13-. The van der Waals surface area contributed by atoms with Gasteiger partial charge in [-0.25, -0.2) is 9.69 Å². The van der Waals surface area contributed by atoms with E-state index in [0.717, 1.165) is 22.4 Å². The number of urea groups is 1. The number of hydrogen-bond acceptors (Lipinski definition) is 4. The highest BCUT2D eigenvalue weighted by Gasteiger charge is 2.36. The minimum absolute atomic E-state index is 0.138. The zero-order valence-corrected chi connectivity index (χ0v) is 19.7. The maximum atomic E-state index is 13.0. The first-order chi connectivity index (χ1) is 16.4. The highest BCUT2D eigenvalue weighted by Crippen LogP contribution is 2.25. The number of halogens is 2. The lowest BCUT2D eigenvalue weighted by Gasteiger charge is -2.26. The van der Waals surface area contributed by atoms with Crippen LogP contribution in [0.15, 0.2) is 72.3 Å². The lowest BCUT2D eigenvalue weighted by atomic mass is 10.1. The molecule has 0 aromatic heterocycles. The van der Waals surface area contributed by atoms with Crippen LogP contribution in [-0.4, -0.2) is 17.8 Å². The van der Waals surface area contributed by atoms with E-state index >= 15 is 0 Å². The molecule has 6 nitrogen and oxygen atoms in total. The van der Waals surface area contributed by atoms with E-state index in [1.807, 2.05) is 19.1 Å². The Labute approximate surface area is 206 Å². The van der Waals surface area contributed by atoms with E-state index in [1.165, 1.54) is 6.08 Å². The maximum Gasteiger partial charge on any atom is 0.335 e. The van der Waals surface area contributed by atoms with Crippen molar-refractivity contribution in [2.45, 2.75) is 20.0 Å². The number of nitrogens with one attached hydrogen (secondary N) is 1. The number of amides is 4. The quantitative estimate of drug-likeness (QED) is 0.347. The molecular formula is C26H20Cl2N2O4. The van der Waals surface area contributed by atoms with Gasteiger partial charge in [-0.15, -0.1) is 0 Å². The number of hydrogen-bond donors (Lipinski definition) is 1. The third-order valence-corrected chi connectivity index (χ3v) is 5.89. The highest BCUT2D eigenvalue weighted by molar-refractivity contribution is 6.39. The number of ether oxygens (including phenoxy) is 1. The zero-order chi connectivity index (χ0) is 24.2. The van der Waals surface area contributed by atoms with Gasteiger partial charge >= 0.3 is 6.03 Å². The molecule has 1 N–H and O–H groups in total. The Bertz CT molecular complexity index is 1290. The van der Waals surface area contributed by atoms with Crippen molar-refractivity contribution in [3.05, 3.63) is 99.0 Å². The van der Waals surface area contributed by atoms with Crippen LogP contribution < -0.4 is 15.0 Å². The first-order valence-electron chi connectivity index (χ1n) is 10.5. The molecule has 0 spiro atoms. The van der Waals surface area contributed by atoms with Gasteiger partial charge < -0.3 is 4.74 Å². The van der Waals surface area contributed by atoms with Crippen molar-refractivity contribution in [1.29, 1.82) is 0 Å². The van der Waals surface area contributed by atoms with E-state index in [1.54, 1.807) is 54.6 Å². The normalized spacial score (nSPS) is 15.0. The summed E-state index contributed by atoms with van der Waals surface area (Å²) in [5.41, 5.74) is 2.72. The van der Waals surface area contributed by atoms with Crippen LogP contribution >= 0.6 is 23.2 Å². The van der Waals surface area contributed by atoms with Gasteiger partial charge in [0.2, 0.25) is 0 Å². The van der Waals surface area contributed by atoms with Crippen molar-refractivity contribution < 1.29 is 19.1 Å². The average Bonchev–Trinajstić information content (AvgIpc) is 2.82. The monoisotopic (exact) mass is 494 g/mol. The van der Waals surface area contributed by atoms with Gasteiger partial charge in [0.25, 0.3) is 11.8 Å². The molecule has 172 valence electrons. The number of benzene rings is 3. The second-order valence-electron chi connectivity index (χ2n) is 7.57. The summed E-state index contributed by atoms with van der Waals surface area (Å²) in [5, 5.41) is 3.29. The number of barbiturate groups is 1. The van der Waals surface area contributed by atoms with E-state index < -0.39 is 17.8 Å². The van der Waals surface area contributed by atoms with Crippen LogP contribution in [0.3, 0.4) is 0 Å². The third-order valence-electron chi connectivity index (χ3n) is 5.31. The zero-order valence-electron chi connectivity index (χ0n) is 18.2. The lowest BCUT2D eigenvalue weighted by Crippen LogP contribution is -2.54. The predicted octanol–water partition coefficient (Wildman–Crippen LogP) is 5.80. The number of aryl methyl sites for hydroxylation is 1. The SMILES string of the molecule is CCc1ccc(N2C(=O)NC(=O)/C(=C/c3ccc(OCc4ccc(Cl)cc4Cl)cc3)C2=O)cc1. The van der Waals surface area contributed by atoms with Gasteiger partial charge in [-0.05, 0) is 60.0 Å². The van der Waals surface area contributed by atoms with Crippen LogP contribution in [0.5, 0.6) is 5.75 Å². The Morgan fingerprint density at radius 3 is 2.29 bits per heavy atom. The molecule has 4 rings (SSSR count). The van der Waals surface area contributed by atoms with Crippen LogP contribution in [0.25, 0.3) is 6.08 Å². The number of rotatable bonds is 6. The van der Waals surface area contributed by atoms with Gasteiger partial charge in [0, 0.05) is 15.6 Å². The van der Waals surface area contributed by atoms with Crippen molar-refractivity contribution in [2.24, 2.45) is 0 Å². The molecule has 3 aromatic carbocycles. The van der Waals surface area contributed by atoms with Gasteiger partial charge in [-0.3, -0.25) is 14.9 Å². The largest absolute Gasteiger partial charge is 0.489 e. The molecule has 0 saturated carbocycles. The highest BCUT2D eigenvalue weighted by atomic mass is 35.5. The fourth-order valence-corrected chi connectivity index (χ4v) is 3.86. The van der Waals surface area contributed by atoms with E-state index in [2.05, 4.69) is 5.32 Å². The van der Waals surface area contributed by atoms with E-state index in [9.17, 15) is 14.4 Å². The number of imide groups is 2. The molecule has 8 heteroatoms. The Morgan fingerprint density at radius 1 is 0.941 bits per heavy atom. The summed E-state index contributed by atoms with van der Waals surface area (Å²) in [7, 11) is 0. The molecule has 1 heterocycles. The Kier molecular flexibility index (Phi) is 7.01. The lowest BCUT2D eigenvalue weighted by molar-refractivity contribution is -0.122. The van der Waals surface area contributed by atoms with Crippen molar-refractivity contribution in [3.63, 3.8) is 0 Å². The molecule has 1 fully saturated rings. The summed E-state index contributed by atoms with van der Waals surface area (Å²) in [6.07, 6.45) is 2.27. The van der Waals surface area contributed by atoms with Crippen LogP contribution in [0.2, 0.25) is 10.0 Å². The summed E-state index contributed by atoms with van der Waals surface area (Å²) >= 11 is 12.1. The van der Waals surface area contributed by atoms with Gasteiger partial charge in [0.1, 0.15) is 17.9 Å². The molecule has 4 amide bonds. The summed E-state index contributed by atoms with van der Waals surface area (Å²) in [5.74, 6) is -0.842. The Morgan fingerprint density at radius 2 is 1.65 bits per heavy atom. The molecule has 1 saturated heterocycles. The second kappa shape index (κ2) is 10.1. The minimum Gasteiger partial charge on any atom is -0.489 e. The molecular weight excluding hydrogens is 475 g/mol. The summed E-state index contributed by atoms with van der Waals surface area (Å²) in [6, 6.07) is 18.3. The number of anilines is 1. The van der Waals surface area contributed by atoms with Gasteiger partial charge in [0.15, 0.2) is 0 Å². The van der Waals surface area contributed by atoms with Crippen LogP contribution in [0, 0.1) is 0 Å². The number of nitrogens with zero attached hydrogens (tertiary/aromatic N) is 1.